The van der Waals surface area contributed by atoms with Crippen LogP contribution in [0, 0.1) is 0 Å². The van der Waals surface area contributed by atoms with Gasteiger partial charge in [-0.2, -0.15) is 0 Å². The maximum atomic E-state index is 5.18. The van der Waals surface area contributed by atoms with Gasteiger partial charge in [0.2, 0.25) is 0 Å². The van der Waals surface area contributed by atoms with Gasteiger partial charge in [0.05, 0.1) is 31.5 Å². The van der Waals surface area contributed by atoms with Crippen molar-refractivity contribution in [3.05, 3.63) is 261 Å². The monoisotopic (exact) mass is 973 g/mol. The molecule has 15 rings (SSSR count). The number of thiophene rings is 1. The molecule has 0 N–H and O–H groups in total. The molecule has 0 bridgehead atoms. The highest BCUT2D eigenvalue weighted by Gasteiger charge is 2.22. The number of hydrogen-bond acceptors (Lipinski definition) is 4. The number of benzene rings is 11. The number of fused-ring (bicyclic) bond motifs is 11. The van der Waals surface area contributed by atoms with Crippen molar-refractivity contribution >= 4 is 75.1 Å². The van der Waals surface area contributed by atoms with Crippen LogP contribution < -0.4 is 0 Å². The van der Waals surface area contributed by atoms with Gasteiger partial charge in [-0.3, -0.25) is 0 Å². The largest absolute Gasteiger partial charge is 0.308 e. The summed E-state index contributed by atoms with van der Waals surface area (Å²) < 4.78 is 7.47. The Labute approximate surface area is 436 Å². The van der Waals surface area contributed by atoms with Gasteiger partial charge in [0.15, 0.2) is 17.5 Å². The van der Waals surface area contributed by atoms with Crippen LogP contribution in [-0.2, 0) is 0 Å². The van der Waals surface area contributed by atoms with Crippen LogP contribution in [0.5, 0.6) is 0 Å². The first-order valence-corrected chi connectivity index (χ1v) is 26.2. The van der Waals surface area contributed by atoms with Crippen LogP contribution in [0.2, 0.25) is 0 Å². The molecule has 0 amide bonds. The van der Waals surface area contributed by atoms with E-state index in [1.54, 1.807) is 0 Å². The first-order valence-electron chi connectivity index (χ1n) is 25.3. The van der Waals surface area contributed by atoms with Gasteiger partial charge in [0.25, 0.3) is 0 Å². The molecule has 0 unspecified atom stereocenters. The van der Waals surface area contributed by atoms with Crippen molar-refractivity contribution in [2.24, 2.45) is 0 Å². The van der Waals surface area contributed by atoms with Crippen molar-refractivity contribution in [3.63, 3.8) is 0 Å². The second-order valence-electron chi connectivity index (χ2n) is 19.1. The van der Waals surface area contributed by atoms with E-state index in [1.807, 2.05) is 23.5 Å². The van der Waals surface area contributed by atoms with Gasteiger partial charge >= 0.3 is 0 Å². The highest BCUT2D eigenvalue weighted by atomic mass is 32.1. The van der Waals surface area contributed by atoms with Crippen molar-refractivity contribution in [3.8, 4) is 78.9 Å². The lowest BCUT2D eigenvalue weighted by molar-refractivity contribution is 1.07. The minimum Gasteiger partial charge on any atom is -0.308 e. The van der Waals surface area contributed by atoms with Crippen molar-refractivity contribution in [2.75, 3.05) is 0 Å². The van der Waals surface area contributed by atoms with Gasteiger partial charge in [-0.25, -0.2) is 15.0 Å². The molecule has 4 aromatic heterocycles. The Balaban J connectivity index is 0.884. The summed E-state index contributed by atoms with van der Waals surface area (Å²) in [6.07, 6.45) is 0. The van der Waals surface area contributed by atoms with E-state index in [1.165, 1.54) is 69.4 Å². The number of aromatic nitrogens is 5. The molecule has 350 valence electrons. The Morgan fingerprint density at radius 3 is 1.05 bits per heavy atom. The first kappa shape index (κ1) is 42.9. The number of nitrogens with zero attached hydrogens (tertiary/aromatic N) is 5. The van der Waals surface area contributed by atoms with E-state index >= 15 is 0 Å². The van der Waals surface area contributed by atoms with Crippen LogP contribution >= 0.6 is 11.3 Å². The Kier molecular flexibility index (Phi) is 10.00. The van der Waals surface area contributed by atoms with Gasteiger partial charge in [-0.15, -0.1) is 11.3 Å². The van der Waals surface area contributed by atoms with Crippen LogP contribution in [0.15, 0.2) is 261 Å². The average Bonchev–Trinajstić information content (AvgIpc) is 4.26. The quantitative estimate of drug-likeness (QED) is 0.152. The molecule has 0 spiro atoms. The third kappa shape index (κ3) is 7.18. The molecule has 4 heterocycles. The second-order valence-corrected chi connectivity index (χ2v) is 20.2. The van der Waals surface area contributed by atoms with Gasteiger partial charge in [0, 0.05) is 60.4 Å². The molecule has 75 heavy (non-hydrogen) atoms. The van der Waals surface area contributed by atoms with Gasteiger partial charge in [-0.1, -0.05) is 212 Å². The molecule has 0 aliphatic carbocycles. The van der Waals surface area contributed by atoms with Crippen molar-refractivity contribution in [2.45, 2.75) is 0 Å². The smallest absolute Gasteiger partial charge is 0.164 e. The molecule has 0 saturated carbocycles. The molecule has 0 fully saturated rings. The molecule has 6 heteroatoms. The molecule has 15 aromatic rings. The van der Waals surface area contributed by atoms with E-state index in [0.29, 0.717) is 17.5 Å². The molecule has 5 nitrogen and oxygen atoms in total. The topological polar surface area (TPSA) is 48.5 Å². The van der Waals surface area contributed by atoms with Gasteiger partial charge < -0.3 is 9.13 Å². The third-order valence-corrected chi connectivity index (χ3v) is 16.0. The Hall–Kier alpha value is -9.75. The summed E-state index contributed by atoms with van der Waals surface area (Å²) in [4.78, 5) is 15.5. The number of rotatable bonds is 8. The van der Waals surface area contributed by atoms with Crippen LogP contribution in [0.1, 0.15) is 0 Å². The summed E-state index contributed by atoms with van der Waals surface area (Å²) in [5.41, 5.74) is 16.8. The zero-order chi connectivity index (χ0) is 49.4. The highest BCUT2D eigenvalue weighted by Crippen LogP contribution is 2.47. The van der Waals surface area contributed by atoms with Crippen LogP contribution in [-0.4, -0.2) is 24.1 Å². The van der Waals surface area contributed by atoms with Crippen LogP contribution in [0.3, 0.4) is 0 Å². The average molecular weight is 974 g/mol. The van der Waals surface area contributed by atoms with Crippen molar-refractivity contribution in [1.82, 2.24) is 24.1 Å². The van der Waals surface area contributed by atoms with Gasteiger partial charge in [0.1, 0.15) is 0 Å². The third-order valence-electron chi connectivity index (χ3n) is 14.8. The predicted molar refractivity (Wildman–Crippen MR) is 314 cm³/mol. The standard InChI is InChI=1S/C69H43N5S/c1-4-15-44(16-5-1)47-27-31-49(32-28-47)67-70-68(50-33-29-48(30-34-50)45-17-6-2-7-18-45)72-69(71-67)51-35-37-53(38-36-51)73-61-25-12-10-23-55(61)57-39-41-59-60-42-40-58-56-24-11-13-26-62(56)74(64(58)66(60)75-65(59)63(57)73)54-22-14-21-52(43-54)46-19-8-3-9-20-46/h1-43H. The molecular weight excluding hydrogens is 931 g/mol. The van der Waals surface area contributed by atoms with Gasteiger partial charge in [-0.05, 0) is 81.9 Å². The zero-order valence-corrected chi connectivity index (χ0v) is 41.3. The lowest BCUT2D eigenvalue weighted by Crippen LogP contribution is -2.00. The Morgan fingerprint density at radius 1 is 0.240 bits per heavy atom. The minimum absolute atomic E-state index is 0.614. The van der Waals surface area contributed by atoms with E-state index in [0.717, 1.165) is 55.8 Å². The number of para-hydroxylation sites is 2. The summed E-state index contributed by atoms with van der Waals surface area (Å²) in [7, 11) is 0. The summed E-state index contributed by atoms with van der Waals surface area (Å²) in [5.74, 6) is 1.86. The normalized spacial score (nSPS) is 11.7. The molecule has 0 aliphatic rings. The fourth-order valence-electron chi connectivity index (χ4n) is 11.2. The summed E-state index contributed by atoms with van der Waals surface area (Å²) in [6, 6.07) is 93.3. The van der Waals surface area contributed by atoms with E-state index in [4.69, 9.17) is 15.0 Å². The Bertz CT molecular complexity index is 4550. The van der Waals surface area contributed by atoms with Crippen molar-refractivity contribution < 1.29 is 0 Å². The summed E-state index contributed by atoms with van der Waals surface area (Å²) in [5, 5.41) is 7.45. The van der Waals surface area contributed by atoms with E-state index in [-0.39, 0.29) is 0 Å². The van der Waals surface area contributed by atoms with E-state index < -0.39 is 0 Å². The second kappa shape index (κ2) is 17.5. The zero-order valence-electron chi connectivity index (χ0n) is 40.5. The van der Waals surface area contributed by atoms with Crippen LogP contribution in [0.25, 0.3) is 143 Å². The SMILES string of the molecule is c1ccc(-c2ccc(-c3nc(-c4ccc(-c5ccccc5)cc4)nc(-c4ccc(-n5c6ccccc6c6ccc7c8ccc9c%10ccccc%10n(-c%10cccc(-c%11ccccc%11)c%10)c9c8sc7c65)cc4)n3)cc2)cc1. The Morgan fingerprint density at radius 2 is 0.587 bits per heavy atom. The fraction of sp³-hybridized carbons (Fsp3) is 0. The molecular formula is C69H43N5S. The molecule has 0 saturated heterocycles. The summed E-state index contributed by atoms with van der Waals surface area (Å²) >= 11 is 1.90. The fourth-order valence-corrected chi connectivity index (χ4v) is 12.6. The lowest BCUT2D eigenvalue weighted by atomic mass is 10.0. The first-order chi connectivity index (χ1) is 37.2. The minimum atomic E-state index is 0.614. The molecule has 0 atom stereocenters. The summed E-state index contributed by atoms with van der Waals surface area (Å²) in [6.45, 7) is 0. The lowest BCUT2D eigenvalue weighted by Gasteiger charge is -2.11. The molecule has 0 radical (unpaired) electrons. The predicted octanol–water partition coefficient (Wildman–Crippen LogP) is 18.4. The van der Waals surface area contributed by atoms with Crippen LogP contribution in [0.4, 0.5) is 0 Å². The maximum absolute atomic E-state index is 5.18. The number of hydrogen-bond donors (Lipinski definition) is 0. The highest BCUT2D eigenvalue weighted by molar-refractivity contribution is 7.27. The van der Waals surface area contributed by atoms with E-state index in [9.17, 15) is 0 Å². The maximum Gasteiger partial charge on any atom is 0.164 e. The molecule has 0 aliphatic heterocycles. The van der Waals surface area contributed by atoms with Crippen molar-refractivity contribution in [1.29, 1.82) is 0 Å². The molecule has 11 aromatic carbocycles. The van der Waals surface area contributed by atoms with E-state index in [2.05, 4.69) is 258 Å².